The summed E-state index contributed by atoms with van der Waals surface area (Å²) in [5.74, 6) is 0. The average molecular weight is 1320 g/mol. The first-order chi connectivity index (χ1) is 44.5. The zero-order valence-corrected chi connectivity index (χ0v) is 60.0. The van der Waals surface area contributed by atoms with Gasteiger partial charge in [-0.3, -0.25) is 0 Å². The normalized spacial score (nSPS) is 11.1. The number of benzene rings is 12. The van der Waals surface area contributed by atoms with Crippen molar-refractivity contribution in [3.05, 3.63) is 364 Å². The van der Waals surface area contributed by atoms with Gasteiger partial charge < -0.3 is 0 Å². The number of hydrogen-bond donors (Lipinski definition) is 0. The molecule has 0 nitrogen and oxygen atoms in total. The third kappa shape index (κ3) is 19.1. The van der Waals surface area contributed by atoms with Gasteiger partial charge in [0.1, 0.15) is 18.4 Å². The summed E-state index contributed by atoms with van der Waals surface area (Å²) in [6.07, 6.45) is 2.27. The predicted octanol–water partition coefficient (Wildman–Crippen LogP) is 14.4. The molecule has 0 aromatic heterocycles. The molecule has 0 saturated heterocycles. The first-order valence-corrected chi connectivity index (χ1v) is 41.9. The molecule has 0 heterocycles. The van der Waals surface area contributed by atoms with Crippen molar-refractivity contribution in [1.29, 1.82) is 0 Å². The van der Waals surface area contributed by atoms with Crippen LogP contribution in [-0.4, -0.2) is 96.4 Å². The molecule has 12 rings (SSSR count). The summed E-state index contributed by atoms with van der Waals surface area (Å²) in [6.45, 7) is 18.8. The van der Waals surface area contributed by atoms with Crippen LogP contribution in [0.15, 0.2) is 364 Å². The molecular formula is C84H94B3FeP4. The molecule has 12 aromatic rings. The van der Waals surface area contributed by atoms with Crippen molar-refractivity contribution in [2.24, 2.45) is 0 Å². The van der Waals surface area contributed by atoms with Gasteiger partial charge in [0.2, 0.25) is 0 Å². The van der Waals surface area contributed by atoms with Gasteiger partial charge in [0.05, 0.1) is 0 Å². The third-order valence-corrected chi connectivity index (χ3v) is 22.8. The molecule has 0 bridgehead atoms. The largest absolute Gasteiger partial charge is 1.00 e. The molecule has 0 saturated carbocycles. The predicted molar refractivity (Wildman–Crippen MR) is 427 cm³/mol. The van der Waals surface area contributed by atoms with Crippen LogP contribution in [0.25, 0.3) is 0 Å². The molecule has 0 N–H and O–H groups in total. The third-order valence-electron chi connectivity index (χ3n) is 17.6. The number of rotatable bonds is 18. The molecule has 92 heavy (non-hydrogen) atoms. The van der Waals surface area contributed by atoms with Crippen LogP contribution in [0.1, 0.15) is 2.85 Å². The molecule has 12 aromatic carbocycles. The van der Waals surface area contributed by atoms with Crippen LogP contribution in [-0.2, 0) is 17.1 Å². The molecule has 0 aliphatic rings. The molecule has 0 aliphatic heterocycles. The summed E-state index contributed by atoms with van der Waals surface area (Å²) >= 11 is 0. The van der Waals surface area contributed by atoms with Gasteiger partial charge in [-0.2, -0.15) is 65.6 Å². The Morgan fingerprint density at radius 2 is 0.239 bits per heavy atom. The molecule has 0 amide bonds. The SMILES string of the molecule is CP(C)CCP(C)C.CP(C)CCP(C)C.[Fe+].[H+].[H+].c1ccc([B-](c2ccccc2)(c2ccccc2)c2ccccc2)cc1.c1ccc([B-](c2ccccc2)(c2ccccc2)c2ccccc2)cc1.c1ccc([B-](c2ccccc2)(c2ccccc2)c2ccccc2)cc1. The second kappa shape index (κ2) is 38.3. The average Bonchev–Trinajstić information content (AvgIpc) is 0.759. The van der Waals surface area contributed by atoms with Crippen molar-refractivity contribution in [3.8, 4) is 0 Å². The van der Waals surface area contributed by atoms with Crippen LogP contribution in [0, 0.1) is 0 Å². The minimum absolute atomic E-state index is 0. The van der Waals surface area contributed by atoms with E-state index in [0.717, 1.165) is 0 Å². The van der Waals surface area contributed by atoms with Crippen LogP contribution < -0.4 is 65.6 Å². The van der Waals surface area contributed by atoms with Gasteiger partial charge >= 0.3 is 19.9 Å². The van der Waals surface area contributed by atoms with E-state index in [9.17, 15) is 0 Å². The van der Waals surface area contributed by atoms with Crippen molar-refractivity contribution in [2.45, 2.75) is 0 Å². The van der Waals surface area contributed by atoms with E-state index >= 15 is 0 Å². The van der Waals surface area contributed by atoms with Gasteiger partial charge in [0.25, 0.3) is 0 Å². The minimum Gasteiger partial charge on any atom is -0.195 e. The molecule has 0 atom stereocenters. The zero-order valence-electron chi connectivity index (χ0n) is 57.3. The van der Waals surface area contributed by atoms with Crippen LogP contribution in [0.4, 0.5) is 0 Å². The van der Waals surface area contributed by atoms with Crippen LogP contribution >= 0.6 is 31.7 Å². The van der Waals surface area contributed by atoms with Crippen LogP contribution in [0.2, 0.25) is 0 Å². The smallest absolute Gasteiger partial charge is 0.195 e. The van der Waals surface area contributed by atoms with Gasteiger partial charge in [0.15, 0.2) is 0 Å². The Balaban J connectivity index is 0.000000225. The maximum absolute atomic E-state index is 2.36. The molecule has 0 aliphatic carbocycles. The fourth-order valence-electron chi connectivity index (χ4n) is 13.2. The van der Waals surface area contributed by atoms with Gasteiger partial charge in [-0.15, -0.1) is 31.7 Å². The minimum atomic E-state index is -1.22. The van der Waals surface area contributed by atoms with Gasteiger partial charge in [-0.1, -0.05) is 364 Å². The summed E-state index contributed by atoms with van der Waals surface area (Å²) in [5, 5.41) is 0. The first-order valence-electron chi connectivity index (χ1n) is 32.2. The van der Waals surface area contributed by atoms with Crippen molar-refractivity contribution in [1.82, 2.24) is 0 Å². The topological polar surface area (TPSA) is 0 Å². The molecule has 0 fully saturated rings. The Bertz CT molecular complexity index is 2950. The van der Waals surface area contributed by atoms with Gasteiger partial charge in [-0.05, 0) is 78.0 Å². The van der Waals surface area contributed by atoms with Crippen LogP contribution in [0.3, 0.4) is 0 Å². The summed E-state index contributed by atoms with van der Waals surface area (Å²) in [6, 6.07) is 131. The fraction of sp³-hybridized carbons (Fsp3) is 0.143. The van der Waals surface area contributed by atoms with Crippen molar-refractivity contribution >= 4 is 116 Å². The summed E-state index contributed by atoms with van der Waals surface area (Å²) in [7, 11) is 1.53. The molecule has 8 heteroatoms. The van der Waals surface area contributed by atoms with Crippen LogP contribution in [0.5, 0.6) is 0 Å². The molecule has 467 valence electrons. The van der Waals surface area contributed by atoms with E-state index in [2.05, 4.69) is 417 Å². The van der Waals surface area contributed by atoms with E-state index in [1.54, 1.807) is 0 Å². The van der Waals surface area contributed by atoms with E-state index < -0.39 is 18.4 Å². The van der Waals surface area contributed by atoms with E-state index in [1.165, 1.54) is 90.2 Å². The van der Waals surface area contributed by atoms with E-state index in [0.29, 0.717) is 31.7 Å². The fourth-order valence-corrected chi connectivity index (χ4v) is 19.6. The Labute approximate surface area is 573 Å². The monoisotopic (exact) mass is 1320 g/mol. The molecule has 0 spiro atoms. The van der Waals surface area contributed by atoms with E-state index in [1.807, 2.05) is 0 Å². The molecule has 0 unspecified atom stereocenters. The Morgan fingerprint density at radius 3 is 0.304 bits per heavy atom. The maximum atomic E-state index is 2.36. The Morgan fingerprint density at radius 1 is 0.163 bits per heavy atom. The summed E-state index contributed by atoms with van der Waals surface area (Å²) in [5.41, 5.74) is 16.1. The Hall–Kier alpha value is -6.93. The second-order valence-corrected chi connectivity index (χ2v) is 35.2. The first kappa shape index (κ1) is 72.5. The van der Waals surface area contributed by atoms with E-state index in [4.69, 9.17) is 0 Å². The molecular weight excluding hydrogens is 1220 g/mol. The Kier molecular flexibility index (Phi) is 30.2. The van der Waals surface area contributed by atoms with Crippen molar-refractivity contribution in [2.75, 3.05) is 78.0 Å². The second-order valence-electron chi connectivity index (χ2n) is 24.7. The summed E-state index contributed by atoms with van der Waals surface area (Å²) < 4.78 is 0. The van der Waals surface area contributed by atoms with Crippen molar-refractivity contribution in [3.63, 3.8) is 0 Å². The zero-order chi connectivity index (χ0) is 64.0. The summed E-state index contributed by atoms with van der Waals surface area (Å²) in [4.78, 5) is 0. The van der Waals surface area contributed by atoms with Gasteiger partial charge in [-0.25, -0.2) is 0 Å². The standard InChI is InChI=1S/3C24H20B.2C6H16P2.Fe/c3*1-5-13-21(14-6-1)25(22-15-7-2-8-16-22,23-17-9-3-10-18-23)24-19-11-4-12-20-24;2*1-7(2)5-6-8(3)4;/h3*1-20H;2*5-6H2,1-4H3;/q3*-1;;;+1/p+2. The quantitative estimate of drug-likeness (QED) is 0.0593. The van der Waals surface area contributed by atoms with Crippen molar-refractivity contribution < 1.29 is 19.9 Å². The molecule has 1 radical (unpaired) electrons. The van der Waals surface area contributed by atoms with E-state index in [-0.39, 0.29) is 19.9 Å². The maximum Gasteiger partial charge on any atom is 1.00 e. The van der Waals surface area contributed by atoms with Gasteiger partial charge in [0, 0.05) is 0 Å². The number of hydrogen-bond acceptors (Lipinski definition) is 0.